The van der Waals surface area contributed by atoms with Crippen molar-refractivity contribution in [3.05, 3.63) is 56.5 Å². The fraction of sp³-hybridized carbons (Fsp3) is 0.294. The number of hydrogen-bond donors (Lipinski definition) is 2. The fourth-order valence-corrected chi connectivity index (χ4v) is 3.43. The maximum atomic E-state index is 6.18. The van der Waals surface area contributed by atoms with Gasteiger partial charge < -0.3 is 10.6 Å². The normalized spacial score (nSPS) is 13.5. The summed E-state index contributed by atoms with van der Waals surface area (Å²) >= 11 is 24.7. The summed E-state index contributed by atoms with van der Waals surface area (Å²) in [5.74, 6) is 0. The standard InChI is InChI=1S/C17H18Cl4N2/c1-10(22-16-12(18)5-3-6-13(16)19)9-11(2)23-17-14(20)7-4-8-15(17)21/h3-8,10-11,22-23H,9H2,1-2H3. The first kappa shape index (κ1) is 18.5. The van der Waals surface area contributed by atoms with Crippen molar-refractivity contribution in [2.75, 3.05) is 10.6 Å². The van der Waals surface area contributed by atoms with Gasteiger partial charge >= 0.3 is 0 Å². The lowest BCUT2D eigenvalue weighted by Crippen LogP contribution is -2.26. The van der Waals surface area contributed by atoms with Gasteiger partial charge in [-0.15, -0.1) is 0 Å². The van der Waals surface area contributed by atoms with E-state index in [4.69, 9.17) is 46.4 Å². The summed E-state index contributed by atoms with van der Waals surface area (Å²) in [6.07, 6.45) is 0.836. The molecule has 0 bridgehead atoms. The number of rotatable bonds is 6. The molecule has 2 nitrogen and oxygen atoms in total. The molecule has 2 rings (SSSR count). The molecule has 0 aliphatic rings. The molecular weight excluding hydrogens is 374 g/mol. The van der Waals surface area contributed by atoms with Crippen molar-refractivity contribution in [3.63, 3.8) is 0 Å². The van der Waals surface area contributed by atoms with E-state index in [0.29, 0.717) is 20.1 Å². The average molecular weight is 392 g/mol. The topological polar surface area (TPSA) is 24.1 Å². The number of halogens is 4. The molecular formula is C17H18Cl4N2. The third kappa shape index (κ3) is 5.09. The Bertz CT molecular complexity index is 578. The number of anilines is 2. The van der Waals surface area contributed by atoms with Crippen molar-refractivity contribution in [3.8, 4) is 0 Å². The molecule has 0 saturated carbocycles. The van der Waals surface area contributed by atoms with Gasteiger partial charge in [0.25, 0.3) is 0 Å². The zero-order valence-electron chi connectivity index (χ0n) is 12.8. The second kappa shape index (κ2) is 8.34. The van der Waals surface area contributed by atoms with E-state index in [1.807, 2.05) is 36.4 Å². The molecule has 0 aliphatic heterocycles. The van der Waals surface area contributed by atoms with Gasteiger partial charge in [0.1, 0.15) is 0 Å². The summed E-state index contributed by atoms with van der Waals surface area (Å²) in [4.78, 5) is 0. The molecule has 0 fully saturated rings. The van der Waals surface area contributed by atoms with Crippen molar-refractivity contribution in [1.29, 1.82) is 0 Å². The average Bonchev–Trinajstić information content (AvgIpc) is 2.47. The van der Waals surface area contributed by atoms with Gasteiger partial charge in [-0.2, -0.15) is 0 Å². The van der Waals surface area contributed by atoms with Crippen LogP contribution < -0.4 is 10.6 Å². The van der Waals surface area contributed by atoms with Crippen LogP contribution in [0.5, 0.6) is 0 Å². The Morgan fingerprint density at radius 2 is 1.00 bits per heavy atom. The molecule has 0 saturated heterocycles. The predicted molar refractivity (Wildman–Crippen MR) is 104 cm³/mol. The first-order valence-corrected chi connectivity index (χ1v) is 8.80. The van der Waals surface area contributed by atoms with E-state index in [1.165, 1.54) is 0 Å². The van der Waals surface area contributed by atoms with E-state index in [9.17, 15) is 0 Å². The molecule has 124 valence electrons. The molecule has 2 atom stereocenters. The number of hydrogen-bond acceptors (Lipinski definition) is 2. The van der Waals surface area contributed by atoms with Gasteiger partial charge in [-0.1, -0.05) is 58.5 Å². The van der Waals surface area contributed by atoms with Crippen LogP contribution in [0.4, 0.5) is 11.4 Å². The Kier molecular flexibility index (Phi) is 6.72. The summed E-state index contributed by atoms with van der Waals surface area (Å²) in [7, 11) is 0. The summed E-state index contributed by atoms with van der Waals surface area (Å²) < 4.78 is 0. The first-order valence-electron chi connectivity index (χ1n) is 7.29. The molecule has 0 amide bonds. The van der Waals surface area contributed by atoms with Gasteiger partial charge in [-0.05, 0) is 44.5 Å². The highest BCUT2D eigenvalue weighted by atomic mass is 35.5. The van der Waals surface area contributed by atoms with Crippen LogP contribution in [0.3, 0.4) is 0 Å². The predicted octanol–water partition coefficient (Wildman–Crippen LogP) is 6.99. The molecule has 6 heteroatoms. The monoisotopic (exact) mass is 390 g/mol. The minimum Gasteiger partial charge on any atom is -0.380 e. The van der Waals surface area contributed by atoms with Gasteiger partial charge in [0.2, 0.25) is 0 Å². The molecule has 2 aromatic carbocycles. The Labute approximate surface area is 157 Å². The van der Waals surface area contributed by atoms with Crippen molar-refractivity contribution < 1.29 is 0 Å². The van der Waals surface area contributed by atoms with Crippen LogP contribution in [-0.4, -0.2) is 12.1 Å². The van der Waals surface area contributed by atoms with Gasteiger partial charge in [0, 0.05) is 12.1 Å². The van der Waals surface area contributed by atoms with Crippen molar-refractivity contribution in [2.45, 2.75) is 32.4 Å². The highest BCUT2D eigenvalue weighted by Crippen LogP contribution is 2.32. The van der Waals surface area contributed by atoms with E-state index in [1.54, 1.807) is 0 Å². The minimum atomic E-state index is 0.163. The number of nitrogens with one attached hydrogen (secondary N) is 2. The molecule has 0 heterocycles. The molecule has 2 unspecified atom stereocenters. The van der Waals surface area contributed by atoms with Crippen LogP contribution in [0.2, 0.25) is 20.1 Å². The number of benzene rings is 2. The molecule has 23 heavy (non-hydrogen) atoms. The maximum Gasteiger partial charge on any atom is 0.0720 e. The Hall–Kier alpha value is -0.800. The van der Waals surface area contributed by atoms with E-state index in [-0.39, 0.29) is 12.1 Å². The zero-order valence-corrected chi connectivity index (χ0v) is 15.9. The summed E-state index contributed by atoms with van der Waals surface area (Å²) in [6, 6.07) is 11.2. The van der Waals surface area contributed by atoms with Gasteiger partial charge in [0.05, 0.1) is 31.5 Å². The third-order valence-corrected chi connectivity index (χ3v) is 4.67. The third-order valence-electron chi connectivity index (χ3n) is 3.41. The first-order chi connectivity index (χ1) is 10.9. The number of para-hydroxylation sites is 2. The Morgan fingerprint density at radius 1 is 0.696 bits per heavy atom. The quantitative estimate of drug-likeness (QED) is 0.554. The van der Waals surface area contributed by atoms with E-state index in [0.717, 1.165) is 17.8 Å². The van der Waals surface area contributed by atoms with Crippen molar-refractivity contribution >= 4 is 57.8 Å². The Balaban J connectivity index is 1.99. The molecule has 0 aromatic heterocycles. The van der Waals surface area contributed by atoms with Gasteiger partial charge in [-0.3, -0.25) is 0 Å². The van der Waals surface area contributed by atoms with Crippen LogP contribution in [-0.2, 0) is 0 Å². The van der Waals surface area contributed by atoms with Crippen LogP contribution >= 0.6 is 46.4 Å². The molecule has 2 N–H and O–H groups in total. The second-order valence-electron chi connectivity index (χ2n) is 5.52. The highest BCUT2D eigenvalue weighted by molar-refractivity contribution is 6.39. The summed E-state index contributed by atoms with van der Waals surface area (Å²) in [5, 5.41) is 9.15. The maximum absolute atomic E-state index is 6.18. The minimum absolute atomic E-state index is 0.163. The lowest BCUT2D eigenvalue weighted by atomic mass is 10.1. The van der Waals surface area contributed by atoms with Gasteiger partial charge in [0.15, 0.2) is 0 Å². The summed E-state index contributed by atoms with van der Waals surface area (Å²) in [6.45, 7) is 4.15. The fourth-order valence-electron chi connectivity index (χ4n) is 2.41. The van der Waals surface area contributed by atoms with E-state index in [2.05, 4.69) is 24.5 Å². The largest absolute Gasteiger partial charge is 0.380 e. The smallest absolute Gasteiger partial charge is 0.0720 e. The highest BCUT2D eigenvalue weighted by Gasteiger charge is 2.14. The summed E-state index contributed by atoms with van der Waals surface area (Å²) in [5.41, 5.74) is 1.51. The van der Waals surface area contributed by atoms with Crippen LogP contribution in [0.25, 0.3) is 0 Å². The van der Waals surface area contributed by atoms with Crippen molar-refractivity contribution in [2.24, 2.45) is 0 Å². The van der Waals surface area contributed by atoms with Crippen molar-refractivity contribution in [1.82, 2.24) is 0 Å². The zero-order chi connectivity index (χ0) is 17.0. The van der Waals surface area contributed by atoms with Crippen LogP contribution in [0.15, 0.2) is 36.4 Å². The van der Waals surface area contributed by atoms with E-state index < -0.39 is 0 Å². The SMILES string of the molecule is CC(CC(C)Nc1c(Cl)cccc1Cl)Nc1c(Cl)cccc1Cl. The van der Waals surface area contributed by atoms with Crippen LogP contribution in [0, 0.1) is 0 Å². The Morgan fingerprint density at radius 3 is 1.30 bits per heavy atom. The van der Waals surface area contributed by atoms with Gasteiger partial charge in [-0.25, -0.2) is 0 Å². The molecule has 0 spiro atoms. The molecule has 0 aliphatic carbocycles. The van der Waals surface area contributed by atoms with E-state index >= 15 is 0 Å². The lowest BCUT2D eigenvalue weighted by Gasteiger charge is -2.23. The lowest BCUT2D eigenvalue weighted by molar-refractivity contribution is 0.634. The second-order valence-corrected chi connectivity index (χ2v) is 7.15. The molecule has 0 radical (unpaired) electrons. The molecule has 2 aromatic rings. The van der Waals surface area contributed by atoms with Crippen LogP contribution in [0.1, 0.15) is 20.3 Å².